The van der Waals surface area contributed by atoms with E-state index in [1.54, 1.807) is 13.3 Å². The predicted octanol–water partition coefficient (Wildman–Crippen LogP) is 2.29. The van der Waals surface area contributed by atoms with Crippen molar-refractivity contribution >= 4 is 5.91 Å². The van der Waals surface area contributed by atoms with E-state index in [0.717, 1.165) is 50.5 Å². The van der Waals surface area contributed by atoms with Gasteiger partial charge in [0.1, 0.15) is 18.1 Å². The Kier molecular flexibility index (Phi) is 4.44. The van der Waals surface area contributed by atoms with Crippen molar-refractivity contribution in [3.63, 3.8) is 0 Å². The molecule has 4 rings (SSSR count). The Hall–Kier alpha value is -2.34. The lowest BCUT2D eigenvalue weighted by molar-refractivity contribution is -0.141. The number of imidazole rings is 1. The first kappa shape index (κ1) is 17.1. The van der Waals surface area contributed by atoms with E-state index in [1.165, 1.54) is 11.1 Å². The quantitative estimate of drug-likeness (QED) is 0.848. The summed E-state index contributed by atoms with van der Waals surface area (Å²) in [4.78, 5) is 18.8. The number of carbonyl (C=O) groups excluding carboxylic acids is 1. The summed E-state index contributed by atoms with van der Waals surface area (Å²) in [7, 11) is 1.70. The van der Waals surface area contributed by atoms with Crippen LogP contribution in [-0.4, -0.2) is 47.2 Å². The number of benzene rings is 1. The van der Waals surface area contributed by atoms with Crippen molar-refractivity contribution in [2.24, 2.45) is 0 Å². The van der Waals surface area contributed by atoms with Crippen molar-refractivity contribution in [3.05, 3.63) is 47.5 Å². The van der Waals surface area contributed by atoms with E-state index in [2.05, 4.69) is 17.1 Å². The zero-order valence-corrected chi connectivity index (χ0v) is 15.4. The van der Waals surface area contributed by atoms with Gasteiger partial charge in [0.15, 0.2) is 0 Å². The van der Waals surface area contributed by atoms with E-state index in [0.29, 0.717) is 6.54 Å². The molecule has 1 aromatic carbocycles. The van der Waals surface area contributed by atoms with Gasteiger partial charge in [-0.2, -0.15) is 0 Å². The van der Waals surface area contributed by atoms with Gasteiger partial charge in [0, 0.05) is 25.5 Å². The first-order valence-corrected chi connectivity index (χ1v) is 9.18. The van der Waals surface area contributed by atoms with Crippen LogP contribution in [-0.2, 0) is 28.1 Å². The summed E-state index contributed by atoms with van der Waals surface area (Å²) >= 11 is 0. The van der Waals surface area contributed by atoms with Crippen LogP contribution in [0.4, 0.5) is 0 Å². The standard InChI is InChI=1S/C20H25N3O3/c1-15-21-8-11-23(15)14-19(24)22-9-6-20(7-10-22)18-4-3-17(25-2)13-16(18)5-12-26-20/h3-4,8,11,13H,5-7,9-10,12,14H2,1-2H3. The lowest BCUT2D eigenvalue weighted by Gasteiger charge is -2.45. The Morgan fingerprint density at radius 3 is 2.85 bits per heavy atom. The van der Waals surface area contributed by atoms with Gasteiger partial charge in [0.25, 0.3) is 0 Å². The first-order chi connectivity index (χ1) is 12.6. The van der Waals surface area contributed by atoms with Gasteiger partial charge >= 0.3 is 0 Å². The van der Waals surface area contributed by atoms with Crippen molar-refractivity contribution in [1.29, 1.82) is 0 Å². The van der Waals surface area contributed by atoms with Crippen molar-refractivity contribution in [2.75, 3.05) is 26.8 Å². The molecule has 1 fully saturated rings. The third kappa shape index (κ3) is 2.98. The molecule has 26 heavy (non-hydrogen) atoms. The van der Waals surface area contributed by atoms with Gasteiger partial charge < -0.3 is 18.9 Å². The second-order valence-electron chi connectivity index (χ2n) is 7.10. The van der Waals surface area contributed by atoms with Crippen molar-refractivity contribution < 1.29 is 14.3 Å². The monoisotopic (exact) mass is 355 g/mol. The van der Waals surface area contributed by atoms with E-state index in [4.69, 9.17) is 9.47 Å². The van der Waals surface area contributed by atoms with Crippen LogP contribution in [0, 0.1) is 6.92 Å². The summed E-state index contributed by atoms with van der Waals surface area (Å²) in [6.45, 7) is 4.44. The zero-order chi connectivity index (χ0) is 18.1. The molecule has 1 saturated heterocycles. The molecule has 2 aliphatic heterocycles. The van der Waals surface area contributed by atoms with E-state index >= 15 is 0 Å². The summed E-state index contributed by atoms with van der Waals surface area (Å²) < 4.78 is 13.5. The summed E-state index contributed by atoms with van der Waals surface area (Å²) in [6, 6.07) is 6.27. The lowest BCUT2D eigenvalue weighted by Crippen LogP contribution is -2.49. The molecule has 1 aromatic heterocycles. The molecule has 1 amide bonds. The number of carbonyl (C=O) groups is 1. The third-order valence-corrected chi connectivity index (χ3v) is 5.71. The summed E-state index contributed by atoms with van der Waals surface area (Å²) in [5.74, 6) is 1.90. The Bertz CT molecular complexity index is 806. The van der Waals surface area contributed by atoms with Crippen molar-refractivity contribution in [1.82, 2.24) is 14.5 Å². The van der Waals surface area contributed by atoms with Crippen LogP contribution in [0.3, 0.4) is 0 Å². The Morgan fingerprint density at radius 2 is 2.15 bits per heavy atom. The van der Waals surface area contributed by atoms with Crippen LogP contribution in [0.1, 0.15) is 29.8 Å². The molecule has 0 saturated carbocycles. The molecule has 0 N–H and O–H groups in total. The highest BCUT2D eigenvalue weighted by molar-refractivity contribution is 5.76. The maximum absolute atomic E-state index is 12.6. The fourth-order valence-electron chi connectivity index (χ4n) is 4.13. The zero-order valence-electron chi connectivity index (χ0n) is 15.4. The second-order valence-corrected chi connectivity index (χ2v) is 7.10. The van der Waals surface area contributed by atoms with E-state index in [9.17, 15) is 4.79 Å². The van der Waals surface area contributed by atoms with Crippen LogP contribution in [0.25, 0.3) is 0 Å². The van der Waals surface area contributed by atoms with Gasteiger partial charge in [0.2, 0.25) is 5.91 Å². The minimum absolute atomic E-state index is 0.145. The molecule has 0 aliphatic carbocycles. The molecule has 6 heteroatoms. The SMILES string of the molecule is COc1ccc2c(c1)CCOC21CCN(C(=O)Cn2ccnc2C)CC1. The molecule has 1 spiro atoms. The Balaban J connectivity index is 1.47. The van der Waals surface area contributed by atoms with E-state index in [1.807, 2.05) is 28.7 Å². The summed E-state index contributed by atoms with van der Waals surface area (Å²) in [5.41, 5.74) is 2.31. The molecular weight excluding hydrogens is 330 g/mol. The molecule has 2 aliphatic rings. The van der Waals surface area contributed by atoms with Crippen LogP contribution in [0.2, 0.25) is 0 Å². The number of amides is 1. The fraction of sp³-hybridized carbons (Fsp3) is 0.500. The average Bonchev–Trinajstić information content (AvgIpc) is 3.07. The second kappa shape index (κ2) is 6.76. The molecule has 2 aromatic rings. The molecule has 0 unspecified atom stereocenters. The van der Waals surface area contributed by atoms with E-state index < -0.39 is 0 Å². The molecule has 0 radical (unpaired) electrons. The van der Waals surface area contributed by atoms with Crippen LogP contribution < -0.4 is 4.74 Å². The highest BCUT2D eigenvalue weighted by Crippen LogP contribution is 2.42. The molecule has 6 nitrogen and oxygen atoms in total. The third-order valence-electron chi connectivity index (χ3n) is 5.71. The minimum Gasteiger partial charge on any atom is -0.497 e. The van der Waals surface area contributed by atoms with Crippen LogP contribution >= 0.6 is 0 Å². The van der Waals surface area contributed by atoms with Crippen LogP contribution in [0.15, 0.2) is 30.6 Å². The summed E-state index contributed by atoms with van der Waals surface area (Å²) in [5, 5.41) is 0. The van der Waals surface area contributed by atoms with Crippen molar-refractivity contribution in [3.8, 4) is 5.75 Å². The molecule has 138 valence electrons. The average molecular weight is 355 g/mol. The normalized spacial score (nSPS) is 18.6. The number of hydrogen-bond acceptors (Lipinski definition) is 4. The highest BCUT2D eigenvalue weighted by atomic mass is 16.5. The van der Waals surface area contributed by atoms with Gasteiger partial charge in [-0.3, -0.25) is 4.79 Å². The Morgan fingerprint density at radius 1 is 1.35 bits per heavy atom. The van der Waals surface area contributed by atoms with Gasteiger partial charge in [-0.15, -0.1) is 0 Å². The summed E-state index contributed by atoms with van der Waals surface area (Å²) in [6.07, 6.45) is 6.17. The van der Waals surface area contributed by atoms with E-state index in [-0.39, 0.29) is 11.5 Å². The van der Waals surface area contributed by atoms with Crippen molar-refractivity contribution in [2.45, 2.75) is 38.3 Å². The number of aryl methyl sites for hydroxylation is 1. The van der Waals surface area contributed by atoms with Crippen LogP contribution in [0.5, 0.6) is 5.75 Å². The minimum atomic E-state index is -0.262. The van der Waals surface area contributed by atoms with Gasteiger partial charge in [-0.25, -0.2) is 4.98 Å². The van der Waals surface area contributed by atoms with Gasteiger partial charge in [-0.1, -0.05) is 6.07 Å². The molecule has 0 bridgehead atoms. The lowest BCUT2D eigenvalue weighted by atomic mass is 9.79. The number of piperidine rings is 1. The molecule has 3 heterocycles. The predicted molar refractivity (Wildman–Crippen MR) is 97.1 cm³/mol. The number of likely N-dealkylation sites (tertiary alicyclic amines) is 1. The molecule has 0 atom stereocenters. The number of hydrogen-bond donors (Lipinski definition) is 0. The first-order valence-electron chi connectivity index (χ1n) is 9.18. The largest absolute Gasteiger partial charge is 0.497 e. The number of rotatable bonds is 3. The highest BCUT2D eigenvalue weighted by Gasteiger charge is 2.41. The molecular formula is C20H25N3O3. The number of aromatic nitrogens is 2. The number of nitrogens with zero attached hydrogens (tertiary/aromatic N) is 3. The van der Waals surface area contributed by atoms with Gasteiger partial charge in [-0.05, 0) is 49.4 Å². The maximum Gasteiger partial charge on any atom is 0.242 e. The smallest absolute Gasteiger partial charge is 0.242 e. The fourth-order valence-corrected chi connectivity index (χ4v) is 4.13. The number of methoxy groups -OCH3 is 1. The van der Waals surface area contributed by atoms with Gasteiger partial charge in [0.05, 0.1) is 19.3 Å². The Labute approximate surface area is 153 Å². The topological polar surface area (TPSA) is 56.6 Å². The maximum atomic E-state index is 12.6. The number of fused-ring (bicyclic) bond motifs is 2. The number of ether oxygens (including phenoxy) is 2.